The van der Waals surface area contributed by atoms with Gasteiger partial charge in [0.05, 0.1) is 22.1 Å². The maximum absolute atomic E-state index is 6.65. The van der Waals surface area contributed by atoms with Gasteiger partial charge in [-0.1, -0.05) is 140 Å². The second kappa shape index (κ2) is 15.0. The molecule has 15 rings (SSSR count). The molecule has 0 saturated heterocycles. The molecule has 0 atom stereocenters. The first kappa shape index (κ1) is 38.5. The predicted molar refractivity (Wildman–Crippen MR) is 285 cm³/mol. The van der Waals surface area contributed by atoms with Crippen LogP contribution in [0.2, 0.25) is 0 Å². The summed E-state index contributed by atoms with van der Waals surface area (Å²) in [4.78, 5) is 15.1. The van der Waals surface area contributed by atoms with E-state index in [0.29, 0.717) is 17.5 Å². The summed E-state index contributed by atoms with van der Waals surface area (Å²) < 4.78 is 17.9. The van der Waals surface area contributed by atoms with Gasteiger partial charge >= 0.3 is 0 Å². The van der Waals surface area contributed by atoms with Crippen molar-refractivity contribution in [3.8, 4) is 56.7 Å². The topological polar surface area (TPSA) is 74.8 Å². The van der Waals surface area contributed by atoms with Crippen LogP contribution in [0.25, 0.3) is 144 Å². The molecular weight excluding hydrogens is 859 g/mol. The van der Waals surface area contributed by atoms with Crippen LogP contribution in [0, 0.1) is 0 Å². The van der Waals surface area contributed by atoms with Crippen molar-refractivity contribution < 1.29 is 8.83 Å². The predicted octanol–water partition coefficient (Wildman–Crippen LogP) is 16.5. The fourth-order valence-corrected chi connectivity index (χ4v) is 10.7. The van der Waals surface area contributed by atoms with Crippen LogP contribution < -0.4 is 0 Å². The molecule has 0 radical (unpaired) electrons. The van der Waals surface area contributed by atoms with E-state index in [2.05, 4.69) is 161 Å². The van der Waals surface area contributed by atoms with Crippen molar-refractivity contribution in [2.75, 3.05) is 0 Å². The van der Waals surface area contributed by atoms with Crippen molar-refractivity contribution >= 4 is 87.5 Å². The van der Waals surface area contributed by atoms with Crippen LogP contribution in [0.5, 0.6) is 0 Å². The summed E-state index contributed by atoms with van der Waals surface area (Å²) in [5.41, 5.74) is 14.9. The minimum Gasteiger partial charge on any atom is -0.456 e. The number of aromatic nitrogens is 5. The Morgan fingerprint density at radius 2 is 0.700 bits per heavy atom. The van der Waals surface area contributed by atoms with Crippen molar-refractivity contribution in [2.45, 2.75) is 0 Å². The van der Waals surface area contributed by atoms with E-state index in [0.717, 1.165) is 110 Å². The number of para-hydroxylation sites is 3. The van der Waals surface area contributed by atoms with Gasteiger partial charge in [-0.3, -0.25) is 0 Å². The average molecular weight is 896 g/mol. The number of hydrogen-bond acceptors (Lipinski definition) is 5. The molecule has 0 N–H and O–H groups in total. The van der Waals surface area contributed by atoms with E-state index in [1.54, 1.807) is 0 Å². The summed E-state index contributed by atoms with van der Waals surface area (Å²) >= 11 is 0. The fraction of sp³-hybridized carbons (Fsp3) is 0. The molecule has 0 unspecified atom stereocenters. The summed E-state index contributed by atoms with van der Waals surface area (Å²) in [6.45, 7) is 0. The van der Waals surface area contributed by atoms with Crippen LogP contribution in [-0.2, 0) is 0 Å². The molecule has 7 heteroatoms. The van der Waals surface area contributed by atoms with E-state index in [9.17, 15) is 0 Å². The van der Waals surface area contributed by atoms with Crippen LogP contribution in [-0.4, -0.2) is 24.1 Å². The first-order valence-electron chi connectivity index (χ1n) is 23.5. The zero-order chi connectivity index (χ0) is 45.9. The molecule has 0 aliphatic carbocycles. The Bertz CT molecular complexity index is 4530. The molecule has 0 aliphatic rings. The lowest BCUT2D eigenvalue weighted by atomic mass is 10.00. The number of fused-ring (bicyclic) bond motifs is 12. The van der Waals surface area contributed by atoms with Crippen molar-refractivity contribution in [2.24, 2.45) is 0 Å². The quantitative estimate of drug-likeness (QED) is 0.166. The molecule has 10 aromatic carbocycles. The highest BCUT2D eigenvalue weighted by molar-refractivity contribution is 6.19. The van der Waals surface area contributed by atoms with Crippen LogP contribution >= 0.6 is 0 Å². The maximum atomic E-state index is 6.65. The second-order valence-corrected chi connectivity index (χ2v) is 18.0. The molecular formula is C63H37N5O2. The number of nitrogens with zero attached hydrogens (tertiary/aromatic N) is 5. The number of benzene rings is 10. The van der Waals surface area contributed by atoms with E-state index in [4.69, 9.17) is 23.8 Å². The van der Waals surface area contributed by atoms with Crippen LogP contribution in [0.1, 0.15) is 0 Å². The van der Waals surface area contributed by atoms with Gasteiger partial charge in [-0.25, -0.2) is 15.0 Å². The Kier molecular flexibility index (Phi) is 8.23. The van der Waals surface area contributed by atoms with Crippen molar-refractivity contribution in [1.82, 2.24) is 24.1 Å². The molecule has 7 nitrogen and oxygen atoms in total. The fourth-order valence-electron chi connectivity index (χ4n) is 10.7. The van der Waals surface area contributed by atoms with Crippen LogP contribution in [0.4, 0.5) is 0 Å². The van der Waals surface area contributed by atoms with Gasteiger partial charge < -0.3 is 18.0 Å². The second-order valence-electron chi connectivity index (χ2n) is 18.0. The molecule has 70 heavy (non-hydrogen) atoms. The zero-order valence-corrected chi connectivity index (χ0v) is 37.4. The van der Waals surface area contributed by atoms with Gasteiger partial charge in [0.2, 0.25) is 0 Å². The third-order valence-corrected chi connectivity index (χ3v) is 13.9. The minimum absolute atomic E-state index is 0.599. The van der Waals surface area contributed by atoms with Gasteiger partial charge in [0.1, 0.15) is 22.3 Å². The summed E-state index contributed by atoms with van der Waals surface area (Å²) in [6, 6.07) is 78.6. The van der Waals surface area contributed by atoms with E-state index in [1.165, 1.54) is 16.3 Å². The molecule has 15 aromatic rings. The first-order valence-corrected chi connectivity index (χ1v) is 23.5. The Balaban J connectivity index is 0.913. The van der Waals surface area contributed by atoms with E-state index in [-0.39, 0.29) is 0 Å². The van der Waals surface area contributed by atoms with Gasteiger partial charge in [0.25, 0.3) is 0 Å². The number of furan rings is 2. The van der Waals surface area contributed by atoms with Crippen molar-refractivity contribution in [3.05, 3.63) is 224 Å². The lowest BCUT2D eigenvalue weighted by molar-refractivity contribution is 0.669. The van der Waals surface area contributed by atoms with E-state index >= 15 is 0 Å². The summed E-state index contributed by atoms with van der Waals surface area (Å²) in [6.07, 6.45) is 0. The Morgan fingerprint density at radius 3 is 1.40 bits per heavy atom. The zero-order valence-electron chi connectivity index (χ0n) is 37.4. The van der Waals surface area contributed by atoms with Crippen molar-refractivity contribution in [1.29, 1.82) is 0 Å². The van der Waals surface area contributed by atoms with Gasteiger partial charge in [-0.05, 0) is 83.9 Å². The molecule has 326 valence electrons. The summed E-state index contributed by atoms with van der Waals surface area (Å²) in [5.74, 6) is 1.84. The lowest BCUT2D eigenvalue weighted by Gasteiger charge is -2.12. The number of hydrogen-bond donors (Lipinski definition) is 0. The van der Waals surface area contributed by atoms with E-state index < -0.39 is 0 Å². The third kappa shape index (κ3) is 5.91. The summed E-state index contributed by atoms with van der Waals surface area (Å²) in [5, 5.41) is 9.03. The smallest absolute Gasteiger partial charge is 0.164 e. The highest BCUT2D eigenvalue weighted by Crippen LogP contribution is 2.43. The largest absolute Gasteiger partial charge is 0.456 e. The minimum atomic E-state index is 0.599. The standard InChI is InChI=1S/C63H37N5O2/c1-4-15-38(16-5-1)61-64-62(39-17-6-2-7-18-39)66-63(65-61)42-19-14-22-44(31-42)68-54-29-27-40(32-47(54)49-35-51-46-24-11-13-26-57(46)69-59(51)37-56(49)68)41-28-30-58-50(33-41)52-34-48-45-23-10-12-25-53(45)67(43-20-8-3-9-21-43)55(48)36-60(52)70-58/h1-37H. The Morgan fingerprint density at radius 1 is 0.243 bits per heavy atom. The Labute approximate surface area is 399 Å². The van der Waals surface area contributed by atoms with Crippen LogP contribution in [0.15, 0.2) is 233 Å². The Hall–Kier alpha value is -9.59. The first-order chi connectivity index (χ1) is 34.7. The number of rotatable bonds is 6. The molecule has 0 fully saturated rings. The van der Waals surface area contributed by atoms with Crippen molar-refractivity contribution in [3.63, 3.8) is 0 Å². The van der Waals surface area contributed by atoms with Gasteiger partial charge in [0.15, 0.2) is 17.5 Å². The molecule has 0 aliphatic heterocycles. The van der Waals surface area contributed by atoms with E-state index in [1.807, 2.05) is 72.8 Å². The van der Waals surface area contributed by atoms with Gasteiger partial charge in [0, 0.05) is 83.3 Å². The van der Waals surface area contributed by atoms with Gasteiger partial charge in [-0.15, -0.1) is 0 Å². The average Bonchev–Trinajstić information content (AvgIpc) is 4.17. The molecule has 0 bridgehead atoms. The third-order valence-electron chi connectivity index (χ3n) is 13.9. The highest BCUT2D eigenvalue weighted by Gasteiger charge is 2.21. The SMILES string of the molecule is c1ccc(-c2nc(-c3ccccc3)nc(-c3cccc(-n4c5ccc(-c6ccc7oc8cc9c(cc8c7c6)c6ccccc6n9-c6ccccc6)cc5c5cc6c(cc54)oc4ccccc46)c3)n2)cc1. The normalized spacial score (nSPS) is 12.0. The molecule has 5 heterocycles. The maximum Gasteiger partial charge on any atom is 0.164 e. The molecule has 0 saturated carbocycles. The molecule has 5 aromatic heterocycles. The van der Waals surface area contributed by atoms with Gasteiger partial charge in [-0.2, -0.15) is 0 Å². The summed E-state index contributed by atoms with van der Waals surface area (Å²) in [7, 11) is 0. The molecule has 0 spiro atoms. The lowest BCUT2D eigenvalue weighted by Crippen LogP contribution is -2.01. The monoisotopic (exact) mass is 895 g/mol. The highest BCUT2D eigenvalue weighted by atomic mass is 16.3. The molecule has 0 amide bonds. The van der Waals surface area contributed by atoms with Crippen LogP contribution in [0.3, 0.4) is 0 Å².